The lowest BCUT2D eigenvalue weighted by Gasteiger charge is -2.18. The van der Waals surface area contributed by atoms with E-state index in [1.54, 1.807) is 43.8 Å². The van der Waals surface area contributed by atoms with Crippen molar-refractivity contribution >= 4 is 22.9 Å². The number of anilines is 1. The molecule has 5 nitrogen and oxygen atoms in total. The van der Waals surface area contributed by atoms with Gasteiger partial charge in [0.15, 0.2) is 0 Å². The molecule has 1 amide bonds. The van der Waals surface area contributed by atoms with Crippen LogP contribution in [0.2, 0.25) is 0 Å². The van der Waals surface area contributed by atoms with Gasteiger partial charge in [-0.05, 0) is 23.6 Å². The Bertz CT molecular complexity index is 757. The number of thiophene rings is 1. The predicted molar refractivity (Wildman–Crippen MR) is 99.7 cm³/mol. The summed E-state index contributed by atoms with van der Waals surface area (Å²) in [4.78, 5) is 13.8. The molecule has 0 radical (unpaired) electrons. The van der Waals surface area contributed by atoms with Crippen LogP contribution in [0.25, 0.3) is 0 Å². The first kappa shape index (κ1) is 17.1. The summed E-state index contributed by atoms with van der Waals surface area (Å²) in [7, 11) is 3.17. The highest BCUT2D eigenvalue weighted by Gasteiger charge is 2.18. The zero-order valence-electron chi connectivity index (χ0n) is 14.1. The SMILES string of the molecule is COc1cc(NC(=O)CC(c2cccs2)n2cccc2)cc(OC)c1. The van der Waals surface area contributed by atoms with Crippen molar-refractivity contribution in [3.63, 3.8) is 0 Å². The Balaban J connectivity index is 1.76. The molecule has 0 aliphatic carbocycles. The molecular weight excluding hydrogens is 336 g/mol. The first-order valence-electron chi connectivity index (χ1n) is 7.88. The summed E-state index contributed by atoms with van der Waals surface area (Å²) < 4.78 is 12.5. The molecule has 3 aromatic rings. The first-order valence-corrected chi connectivity index (χ1v) is 8.76. The summed E-state index contributed by atoms with van der Waals surface area (Å²) in [6.45, 7) is 0. The molecule has 2 aromatic heterocycles. The number of carbonyl (C=O) groups is 1. The van der Waals surface area contributed by atoms with Crippen LogP contribution in [0.3, 0.4) is 0 Å². The van der Waals surface area contributed by atoms with E-state index >= 15 is 0 Å². The number of hydrogen-bond donors (Lipinski definition) is 1. The van der Waals surface area contributed by atoms with E-state index in [1.807, 2.05) is 36.0 Å². The second-order valence-corrected chi connectivity index (χ2v) is 6.49. The van der Waals surface area contributed by atoms with Crippen molar-refractivity contribution in [1.29, 1.82) is 0 Å². The van der Waals surface area contributed by atoms with Crippen LogP contribution in [0, 0.1) is 0 Å². The first-order chi connectivity index (χ1) is 12.2. The highest BCUT2D eigenvalue weighted by molar-refractivity contribution is 7.10. The Morgan fingerprint density at radius 2 is 1.80 bits per heavy atom. The van der Waals surface area contributed by atoms with Crippen molar-refractivity contribution in [2.45, 2.75) is 12.5 Å². The maximum Gasteiger partial charge on any atom is 0.226 e. The van der Waals surface area contributed by atoms with Gasteiger partial charge < -0.3 is 19.4 Å². The van der Waals surface area contributed by atoms with Gasteiger partial charge in [-0.1, -0.05) is 6.07 Å². The summed E-state index contributed by atoms with van der Waals surface area (Å²) in [5, 5.41) is 4.96. The van der Waals surface area contributed by atoms with E-state index in [-0.39, 0.29) is 11.9 Å². The van der Waals surface area contributed by atoms with Crippen LogP contribution < -0.4 is 14.8 Å². The van der Waals surface area contributed by atoms with Gasteiger partial charge in [-0.25, -0.2) is 0 Å². The van der Waals surface area contributed by atoms with Gasteiger partial charge in [0.05, 0.1) is 26.7 Å². The number of aromatic nitrogens is 1. The van der Waals surface area contributed by atoms with E-state index < -0.39 is 0 Å². The van der Waals surface area contributed by atoms with Crippen LogP contribution in [-0.2, 0) is 4.79 Å². The maximum absolute atomic E-state index is 12.6. The number of ether oxygens (including phenoxy) is 2. The van der Waals surface area contributed by atoms with Crippen molar-refractivity contribution in [2.75, 3.05) is 19.5 Å². The fraction of sp³-hybridized carbons (Fsp3) is 0.211. The van der Waals surface area contributed by atoms with E-state index in [0.717, 1.165) is 4.88 Å². The summed E-state index contributed by atoms with van der Waals surface area (Å²) in [6, 6.07) is 13.3. The van der Waals surface area contributed by atoms with Crippen molar-refractivity contribution in [3.05, 3.63) is 65.1 Å². The fourth-order valence-corrected chi connectivity index (χ4v) is 3.49. The molecule has 3 rings (SSSR count). The molecule has 0 saturated carbocycles. The highest BCUT2D eigenvalue weighted by atomic mass is 32.1. The minimum absolute atomic E-state index is 0.0255. The van der Waals surface area contributed by atoms with Gasteiger partial charge >= 0.3 is 0 Å². The van der Waals surface area contributed by atoms with Crippen molar-refractivity contribution < 1.29 is 14.3 Å². The van der Waals surface area contributed by atoms with Crippen LogP contribution >= 0.6 is 11.3 Å². The monoisotopic (exact) mass is 356 g/mol. The van der Waals surface area contributed by atoms with E-state index in [1.165, 1.54) is 0 Å². The Morgan fingerprint density at radius 3 is 2.36 bits per heavy atom. The molecule has 0 aliphatic heterocycles. The number of benzene rings is 1. The van der Waals surface area contributed by atoms with Crippen molar-refractivity contribution in [1.82, 2.24) is 4.57 Å². The summed E-state index contributed by atoms with van der Waals surface area (Å²) in [5.74, 6) is 1.20. The predicted octanol–water partition coefficient (Wildman–Crippen LogP) is 4.19. The second kappa shape index (κ2) is 7.90. The Morgan fingerprint density at radius 1 is 1.12 bits per heavy atom. The molecule has 6 heteroatoms. The van der Waals surface area contributed by atoms with Crippen LogP contribution in [0.4, 0.5) is 5.69 Å². The number of carbonyl (C=O) groups excluding carboxylic acids is 1. The standard InChI is InChI=1S/C19H20N2O3S/c1-23-15-10-14(11-16(12-15)24-2)20-19(22)13-17(18-6-5-9-25-18)21-7-3-4-8-21/h3-12,17H,13H2,1-2H3,(H,20,22). The number of nitrogens with zero attached hydrogens (tertiary/aromatic N) is 1. The molecule has 130 valence electrons. The normalized spacial score (nSPS) is 11.8. The largest absolute Gasteiger partial charge is 0.497 e. The molecular formula is C19H20N2O3S. The van der Waals surface area contributed by atoms with Crippen molar-refractivity contribution in [2.24, 2.45) is 0 Å². The summed E-state index contributed by atoms with van der Waals surface area (Å²) in [5.41, 5.74) is 0.652. The number of amides is 1. The average molecular weight is 356 g/mol. The van der Waals surface area contributed by atoms with Gasteiger partial charge in [0.25, 0.3) is 0 Å². The van der Waals surface area contributed by atoms with Crippen LogP contribution in [-0.4, -0.2) is 24.7 Å². The van der Waals surface area contributed by atoms with Gasteiger partial charge in [0.2, 0.25) is 5.91 Å². The molecule has 1 unspecified atom stereocenters. The van der Waals surface area contributed by atoms with Crippen LogP contribution in [0.15, 0.2) is 60.2 Å². The van der Waals surface area contributed by atoms with Gasteiger partial charge in [0, 0.05) is 41.2 Å². The maximum atomic E-state index is 12.6. The quantitative estimate of drug-likeness (QED) is 0.691. The Hall–Kier alpha value is -2.73. The van der Waals surface area contributed by atoms with Crippen LogP contribution in [0.1, 0.15) is 17.3 Å². The number of methoxy groups -OCH3 is 2. The molecule has 0 spiro atoms. The minimum atomic E-state index is -0.0672. The third-order valence-corrected chi connectivity index (χ3v) is 4.85. The zero-order chi connectivity index (χ0) is 17.6. The van der Waals surface area contributed by atoms with Crippen molar-refractivity contribution in [3.8, 4) is 11.5 Å². The zero-order valence-corrected chi connectivity index (χ0v) is 15.0. The molecule has 25 heavy (non-hydrogen) atoms. The average Bonchev–Trinajstić information content (AvgIpc) is 3.33. The third kappa shape index (κ3) is 4.22. The van der Waals surface area contributed by atoms with Gasteiger partial charge in [-0.15, -0.1) is 11.3 Å². The Kier molecular flexibility index (Phi) is 5.40. The molecule has 2 heterocycles. The van der Waals surface area contributed by atoms with Crippen LogP contribution in [0.5, 0.6) is 11.5 Å². The molecule has 0 aliphatic rings. The van der Waals surface area contributed by atoms with Gasteiger partial charge in [-0.3, -0.25) is 4.79 Å². The third-order valence-electron chi connectivity index (χ3n) is 3.87. The number of rotatable bonds is 7. The molecule has 0 saturated heterocycles. The van der Waals surface area contributed by atoms with E-state index in [0.29, 0.717) is 23.6 Å². The van der Waals surface area contributed by atoms with Gasteiger partial charge in [0.1, 0.15) is 11.5 Å². The summed E-state index contributed by atoms with van der Waals surface area (Å²) >= 11 is 1.65. The molecule has 1 aromatic carbocycles. The van der Waals surface area contributed by atoms with E-state index in [9.17, 15) is 4.79 Å². The molecule has 1 atom stereocenters. The lowest BCUT2D eigenvalue weighted by molar-refractivity contribution is -0.116. The number of nitrogens with one attached hydrogen (secondary N) is 1. The van der Waals surface area contributed by atoms with Gasteiger partial charge in [-0.2, -0.15) is 0 Å². The lowest BCUT2D eigenvalue weighted by Crippen LogP contribution is -2.19. The lowest BCUT2D eigenvalue weighted by atomic mass is 10.1. The molecule has 0 bridgehead atoms. The molecule has 1 N–H and O–H groups in total. The smallest absolute Gasteiger partial charge is 0.226 e. The minimum Gasteiger partial charge on any atom is -0.497 e. The van der Waals surface area contributed by atoms with E-state index in [4.69, 9.17) is 9.47 Å². The molecule has 0 fully saturated rings. The summed E-state index contributed by atoms with van der Waals surface area (Å²) in [6.07, 6.45) is 4.30. The fourth-order valence-electron chi connectivity index (χ4n) is 2.66. The highest BCUT2D eigenvalue weighted by Crippen LogP contribution is 2.29. The Labute approximate surface area is 150 Å². The van der Waals surface area contributed by atoms with E-state index in [2.05, 4.69) is 16.0 Å². The number of hydrogen-bond acceptors (Lipinski definition) is 4. The second-order valence-electron chi connectivity index (χ2n) is 5.52. The topological polar surface area (TPSA) is 52.5 Å².